The zero-order valence-corrected chi connectivity index (χ0v) is 16.3. The summed E-state index contributed by atoms with van der Waals surface area (Å²) >= 11 is 0. The van der Waals surface area contributed by atoms with E-state index in [1.807, 2.05) is 38.1 Å². The van der Waals surface area contributed by atoms with E-state index in [2.05, 4.69) is 4.90 Å². The minimum Gasteiger partial charge on any atom is -0.494 e. The van der Waals surface area contributed by atoms with Gasteiger partial charge in [-0.25, -0.2) is 4.90 Å². The summed E-state index contributed by atoms with van der Waals surface area (Å²) < 4.78 is 5.47. The Hall–Kier alpha value is -3.08. The summed E-state index contributed by atoms with van der Waals surface area (Å²) in [6.45, 7) is 6.11. The van der Waals surface area contributed by atoms with Gasteiger partial charge in [0.1, 0.15) is 11.4 Å². The minimum atomic E-state index is -0.264. The van der Waals surface area contributed by atoms with Crippen LogP contribution in [0.25, 0.3) is 5.57 Å². The van der Waals surface area contributed by atoms with Gasteiger partial charge in [-0.1, -0.05) is 29.8 Å². The van der Waals surface area contributed by atoms with E-state index in [1.54, 1.807) is 24.3 Å². The van der Waals surface area contributed by atoms with Crippen LogP contribution in [0.1, 0.15) is 30.9 Å². The number of nitrogens with zero attached hydrogens (tertiary/aromatic N) is 2. The van der Waals surface area contributed by atoms with Gasteiger partial charge in [-0.05, 0) is 56.5 Å². The van der Waals surface area contributed by atoms with Crippen LogP contribution in [0.5, 0.6) is 5.75 Å². The first-order valence-electron chi connectivity index (χ1n) is 9.78. The molecule has 5 heteroatoms. The van der Waals surface area contributed by atoms with Gasteiger partial charge in [0.15, 0.2) is 0 Å². The summed E-state index contributed by atoms with van der Waals surface area (Å²) in [6, 6.07) is 14.9. The molecule has 5 nitrogen and oxygen atoms in total. The standard InChI is InChI=1S/C23H24N2O3/c1-3-28-19-12-10-18(11-13-19)25-22(26)20(17-8-6-16(2)7-9-17)21(23(25)27)24-14-4-5-15-24/h6-13H,3-5,14-15H2,1-2H3. The molecule has 2 aliphatic rings. The number of carbonyl (C=O) groups is 2. The maximum atomic E-state index is 13.4. The molecule has 0 aromatic heterocycles. The molecule has 0 bridgehead atoms. The molecule has 2 aliphatic heterocycles. The average Bonchev–Trinajstić information content (AvgIpc) is 3.30. The Labute approximate surface area is 165 Å². The van der Waals surface area contributed by atoms with Crippen LogP contribution in [-0.4, -0.2) is 36.4 Å². The van der Waals surface area contributed by atoms with E-state index < -0.39 is 0 Å². The second-order valence-electron chi connectivity index (χ2n) is 7.16. The summed E-state index contributed by atoms with van der Waals surface area (Å²) in [5.74, 6) is 0.211. The van der Waals surface area contributed by atoms with Crippen LogP contribution in [0.4, 0.5) is 5.69 Å². The molecule has 2 aromatic carbocycles. The van der Waals surface area contributed by atoms with E-state index in [0.29, 0.717) is 23.6 Å². The van der Waals surface area contributed by atoms with Crippen LogP contribution in [0.2, 0.25) is 0 Å². The number of imide groups is 1. The van der Waals surface area contributed by atoms with Gasteiger partial charge < -0.3 is 9.64 Å². The predicted octanol–water partition coefficient (Wildman–Crippen LogP) is 3.77. The molecular formula is C23H24N2O3. The van der Waals surface area contributed by atoms with Crippen LogP contribution in [0.3, 0.4) is 0 Å². The van der Waals surface area contributed by atoms with E-state index in [9.17, 15) is 9.59 Å². The monoisotopic (exact) mass is 376 g/mol. The molecule has 2 heterocycles. The number of carbonyl (C=O) groups excluding carboxylic acids is 2. The third-order valence-electron chi connectivity index (χ3n) is 5.23. The Morgan fingerprint density at radius 1 is 0.893 bits per heavy atom. The van der Waals surface area contributed by atoms with Gasteiger partial charge in [0.2, 0.25) is 0 Å². The zero-order chi connectivity index (χ0) is 19.7. The molecular weight excluding hydrogens is 352 g/mol. The Morgan fingerprint density at radius 3 is 2.14 bits per heavy atom. The molecule has 144 valence electrons. The molecule has 0 unspecified atom stereocenters. The number of amides is 2. The number of benzene rings is 2. The van der Waals surface area contributed by atoms with Gasteiger partial charge >= 0.3 is 0 Å². The molecule has 4 rings (SSSR count). The highest BCUT2D eigenvalue weighted by Gasteiger charge is 2.42. The third kappa shape index (κ3) is 3.17. The molecule has 2 amide bonds. The second kappa shape index (κ2) is 7.50. The SMILES string of the molecule is CCOc1ccc(N2C(=O)C(c3ccc(C)cc3)=C(N3CCCC3)C2=O)cc1. The molecule has 1 saturated heterocycles. The van der Waals surface area contributed by atoms with Crippen LogP contribution in [0, 0.1) is 6.92 Å². The first-order valence-corrected chi connectivity index (χ1v) is 9.78. The first-order chi connectivity index (χ1) is 13.6. The summed E-state index contributed by atoms with van der Waals surface area (Å²) in [4.78, 5) is 30.1. The first kappa shape index (κ1) is 18.3. The predicted molar refractivity (Wildman–Crippen MR) is 109 cm³/mol. The molecule has 0 atom stereocenters. The van der Waals surface area contributed by atoms with Gasteiger partial charge in [-0.3, -0.25) is 9.59 Å². The second-order valence-corrected chi connectivity index (χ2v) is 7.16. The Morgan fingerprint density at radius 2 is 1.54 bits per heavy atom. The zero-order valence-electron chi connectivity index (χ0n) is 16.3. The van der Waals surface area contributed by atoms with Gasteiger partial charge in [0.05, 0.1) is 17.9 Å². The van der Waals surface area contributed by atoms with Crippen molar-refractivity contribution < 1.29 is 14.3 Å². The average molecular weight is 376 g/mol. The molecule has 1 fully saturated rings. The van der Waals surface area contributed by atoms with Crippen molar-refractivity contribution in [1.82, 2.24) is 4.90 Å². The lowest BCUT2D eigenvalue weighted by Gasteiger charge is -2.20. The van der Waals surface area contributed by atoms with Crippen molar-refractivity contribution in [2.75, 3.05) is 24.6 Å². The number of aryl methyl sites for hydroxylation is 1. The number of hydrogen-bond acceptors (Lipinski definition) is 4. The number of hydrogen-bond donors (Lipinski definition) is 0. The van der Waals surface area contributed by atoms with E-state index in [1.165, 1.54) is 4.90 Å². The van der Waals surface area contributed by atoms with Crippen molar-refractivity contribution in [1.29, 1.82) is 0 Å². The Kier molecular flexibility index (Phi) is 4.90. The van der Waals surface area contributed by atoms with Crippen molar-refractivity contribution in [2.24, 2.45) is 0 Å². The van der Waals surface area contributed by atoms with Gasteiger partial charge in [-0.15, -0.1) is 0 Å². The van der Waals surface area contributed by atoms with E-state index >= 15 is 0 Å². The third-order valence-corrected chi connectivity index (χ3v) is 5.23. The molecule has 0 spiro atoms. The van der Waals surface area contributed by atoms with Crippen LogP contribution in [-0.2, 0) is 9.59 Å². The molecule has 28 heavy (non-hydrogen) atoms. The fourth-order valence-corrected chi connectivity index (χ4v) is 3.83. The van der Waals surface area contributed by atoms with Crippen molar-refractivity contribution in [3.05, 3.63) is 65.4 Å². The summed E-state index contributed by atoms with van der Waals surface area (Å²) in [5, 5.41) is 0. The van der Waals surface area contributed by atoms with E-state index in [4.69, 9.17) is 4.74 Å². The Bertz CT molecular complexity index is 923. The highest BCUT2D eigenvalue weighted by Crippen LogP contribution is 2.36. The van der Waals surface area contributed by atoms with E-state index in [0.717, 1.165) is 42.8 Å². The fourth-order valence-electron chi connectivity index (χ4n) is 3.83. The van der Waals surface area contributed by atoms with Gasteiger partial charge in [0.25, 0.3) is 11.8 Å². The number of rotatable bonds is 5. The quantitative estimate of drug-likeness (QED) is 0.746. The van der Waals surface area contributed by atoms with Gasteiger partial charge in [-0.2, -0.15) is 0 Å². The fraction of sp³-hybridized carbons (Fsp3) is 0.304. The Balaban J connectivity index is 1.75. The smallest absolute Gasteiger partial charge is 0.282 e. The van der Waals surface area contributed by atoms with Crippen LogP contribution < -0.4 is 9.64 Å². The van der Waals surface area contributed by atoms with Crippen molar-refractivity contribution in [2.45, 2.75) is 26.7 Å². The number of anilines is 1. The maximum absolute atomic E-state index is 13.4. The van der Waals surface area contributed by atoms with E-state index in [-0.39, 0.29) is 11.8 Å². The molecule has 0 saturated carbocycles. The highest BCUT2D eigenvalue weighted by molar-refractivity contribution is 6.45. The topological polar surface area (TPSA) is 49.9 Å². The normalized spacial score (nSPS) is 17.1. The van der Waals surface area contributed by atoms with Crippen molar-refractivity contribution in [3.63, 3.8) is 0 Å². The summed E-state index contributed by atoms with van der Waals surface area (Å²) in [7, 11) is 0. The highest BCUT2D eigenvalue weighted by atomic mass is 16.5. The lowest BCUT2D eigenvalue weighted by atomic mass is 10.0. The lowest BCUT2D eigenvalue weighted by molar-refractivity contribution is -0.120. The largest absolute Gasteiger partial charge is 0.494 e. The molecule has 0 N–H and O–H groups in total. The molecule has 0 aliphatic carbocycles. The summed E-state index contributed by atoms with van der Waals surface area (Å²) in [6.07, 6.45) is 2.07. The molecule has 0 radical (unpaired) electrons. The molecule has 2 aromatic rings. The summed E-state index contributed by atoms with van der Waals surface area (Å²) in [5.41, 5.74) is 3.50. The van der Waals surface area contributed by atoms with Crippen molar-refractivity contribution in [3.8, 4) is 5.75 Å². The number of likely N-dealkylation sites (tertiary alicyclic amines) is 1. The maximum Gasteiger partial charge on any atom is 0.282 e. The van der Waals surface area contributed by atoms with Gasteiger partial charge in [0, 0.05) is 13.1 Å². The lowest BCUT2D eigenvalue weighted by Crippen LogP contribution is -2.34. The minimum absolute atomic E-state index is 0.244. The van der Waals surface area contributed by atoms with Crippen molar-refractivity contribution >= 4 is 23.1 Å². The van der Waals surface area contributed by atoms with Crippen LogP contribution >= 0.6 is 0 Å². The van der Waals surface area contributed by atoms with Crippen LogP contribution in [0.15, 0.2) is 54.2 Å². The number of ether oxygens (including phenoxy) is 1.